The number of para-hydroxylation sites is 1. The van der Waals surface area contributed by atoms with Crippen LogP contribution < -0.4 is 14.8 Å². The van der Waals surface area contributed by atoms with Gasteiger partial charge in [-0.1, -0.05) is 34.1 Å². The summed E-state index contributed by atoms with van der Waals surface area (Å²) in [6.45, 7) is 0. The number of carbonyl (C=O) groups is 1. The maximum Gasteiger partial charge on any atom is 0.264 e. The number of ether oxygens (including phenoxy) is 2. The third-order valence-electron chi connectivity index (χ3n) is 3.43. The molecule has 1 fully saturated rings. The summed E-state index contributed by atoms with van der Waals surface area (Å²) in [5.74, 6) is 1.03. The third-order valence-corrected chi connectivity index (χ3v) is 5.02. The van der Waals surface area contributed by atoms with Crippen molar-refractivity contribution >= 4 is 50.5 Å². The number of rotatable bonds is 4. The van der Waals surface area contributed by atoms with Gasteiger partial charge in [0.25, 0.3) is 5.91 Å². The van der Waals surface area contributed by atoms with E-state index in [2.05, 4.69) is 26.2 Å². The lowest BCUT2D eigenvalue weighted by Crippen LogP contribution is -2.19. The molecule has 0 radical (unpaired) electrons. The topological polar surface area (TPSA) is 59.9 Å². The van der Waals surface area contributed by atoms with Crippen molar-refractivity contribution in [2.75, 3.05) is 14.2 Å². The van der Waals surface area contributed by atoms with Crippen molar-refractivity contribution in [1.29, 1.82) is 0 Å². The van der Waals surface area contributed by atoms with Crippen molar-refractivity contribution in [3.8, 4) is 11.5 Å². The van der Waals surface area contributed by atoms with Gasteiger partial charge in [0.1, 0.15) is 0 Å². The van der Waals surface area contributed by atoms with Gasteiger partial charge in [0, 0.05) is 4.47 Å². The molecule has 1 aliphatic rings. The smallest absolute Gasteiger partial charge is 0.264 e. The number of hydrogen-bond acceptors (Lipinski definition) is 5. The quantitative estimate of drug-likeness (QED) is 0.749. The first kappa shape index (κ1) is 17.6. The highest BCUT2D eigenvalue weighted by atomic mass is 79.9. The van der Waals surface area contributed by atoms with E-state index in [1.165, 1.54) is 11.8 Å². The first-order chi connectivity index (χ1) is 12.1. The number of halogens is 1. The summed E-state index contributed by atoms with van der Waals surface area (Å²) < 4.78 is 11.4. The van der Waals surface area contributed by atoms with Gasteiger partial charge in [0.2, 0.25) is 0 Å². The lowest BCUT2D eigenvalue weighted by Gasteiger charge is -2.10. The molecule has 0 aromatic heterocycles. The molecule has 3 rings (SSSR count). The second kappa shape index (κ2) is 7.76. The zero-order chi connectivity index (χ0) is 17.8. The normalized spacial score (nSPS) is 17.0. The Hall–Kier alpha value is -2.25. The van der Waals surface area contributed by atoms with E-state index in [1.807, 2.05) is 42.5 Å². The average Bonchev–Trinajstić information content (AvgIpc) is 2.96. The van der Waals surface area contributed by atoms with Crippen molar-refractivity contribution < 1.29 is 14.3 Å². The molecular weight excluding hydrogens is 404 g/mol. The standard InChI is InChI=1S/C18H15BrN2O3S/c1-23-14-8-11(13(19)10-15(14)24-2)9-16-17(22)21-18(25-16)20-12-6-4-3-5-7-12/h3-10H,1-2H3,(H,20,21,22)/b16-9-. The number of carbonyl (C=O) groups excluding carboxylic acids is 1. The Morgan fingerprint density at radius 2 is 1.80 bits per heavy atom. The molecule has 0 bridgehead atoms. The van der Waals surface area contributed by atoms with Crippen molar-refractivity contribution in [3.05, 3.63) is 57.4 Å². The van der Waals surface area contributed by atoms with Crippen molar-refractivity contribution in [2.45, 2.75) is 0 Å². The van der Waals surface area contributed by atoms with Crippen LogP contribution in [0.1, 0.15) is 5.56 Å². The molecule has 1 aliphatic heterocycles. The number of thioether (sulfide) groups is 1. The summed E-state index contributed by atoms with van der Waals surface area (Å²) in [5, 5.41) is 3.33. The summed E-state index contributed by atoms with van der Waals surface area (Å²) in [6.07, 6.45) is 1.79. The molecule has 1 heterocycles. The monoisotopic (exact) mass is 418 g/mol. The molecule has 0 unspecified atom stereocenters. The van der Waals surface area contributed by atoms with Crippen LogP contribution in [0.5, 0.6) is 11.5 Å². The molecule has 0 saturated carbocycles. The second-order valence-corrected chi connectivity index (χ2v) is 6.93. The van der Waals surface area contributed by atoms with Crippen LogP contribution in [-0.4, -0.2) is 25.3 Å². The molecule has 1 N–H and O–H groups in total. The molecule has 0 spiro atoms. The summed E-state index contributed by atoms with van der Waals surface area (Å²) in [5.41, 5.74) is 1.61. The fraction of sp³-hybridized carbons (Fsp3) is 0.111. The number of benzene rings is 2. The second-order valence-electron chi connectivity index (χ2n) is 5.05. The largest absolute Gasteiger partial charge is 0.493 e. The van der Waals surface area contributed by atoms with E-state index in [4.69, 9.17) is 9.47 Å². The molecule has 2 aromatic carbocycles. The number of methoxy groups -OCH3 is 2. The van der Waals surface area contributed by atoms with Crippen LogP contribution in [0, 0.1) is 0 Å². The number of nitrogens with one attached hydrogen (secondary N) is 1. The van der Waals surface area contributed by atoms with Gasteiger partial charge in [-0.25, -0.2) is 4.99 Å². The number of amidine groups is 1. The fourth-order valence-corrected chi connectivity index (χ4v) is 3.49. The Kier molecular flexibility index (Phi) is 5.45. The molecule has 128 valence electrons. The fourth-order valence-electron chi connectivity index (χ4n) is 2.22. The van der Waals surface area contributed by atoms with E-state index < -0.39 is 0 Å². The number of amides is 1. The van der Waals surface area contributed by atoms with Crippen LogP contribution in [0.2, 0.25) is 0 Å². The van der Waals surface area contributed by atoms with Gasteiger partial charge in [-0.2, -0.15) is 0 Å². The van der Waals surface area contributed by atoms with Gasteiger partial charge in [-0.05, 0) is 47.7 Å². The highest BCUT2D eigenvalue weighted by molar-refractivity contribution is 9.10. The van der Waals surface area contributed by atoms with Gasteiger partial charge in [0.05, 0.1) is 24.8 Å². The molecule has 0 aliphatic carbocycles. The molecule has 0 atom stereocenters. The van der Waals surface area contributed by atoms with Crippen LogP contribution in [-0.2, 0) is 4.79 Å². The molecular formula is C18H15BrN2O3S. The molecule has 2 aromatic rings. The summed E-state index contributed by atoms with van der Waals surface area (Å²) in [7, 11) is 3.15. The van der Waals surface area contributed by atoms with Gasteiger partial charge in [-0.3, -0.25) is 4.79 Å². The number of aliphatic imine (C=N–C) groups is 1. The predicted molar refractivity (Wildman–Crippen MR) is 104 cm³/mol. The van der Waals surface area contributed by atoms with Gasteiger partial charge < -0.3 is 14.8 Å². The van der Waals surface area contributed by atoms with E-state index in [0.29, 0.717) is 21.6 Å². The maximum atomic E-state index is 12.2. The summed E-state index contributed by atoms with van der Waals surface area (Å²) in [4.78, 5) is 17.2. The van der Waals surface area contributed by atoms with Gasteiger partial charge >= 0.3 is 0 Å². The average molecular weight is 419 g/mol. The van der Waals surface area contributed by atoms with Crippen LogP contribution in [0.15, 0.2) is 56.8 Å². The minimum absolute atomic E-state index is 0.179. The van der Waals surface area contributed by atoms with Crippen molar-refractivity contribution in [2.24, 2.45) is 4.99 Å². The van der Waals surface area contributed by atoms with Crippen molar-refractivity contribution in [1.82, 2.24) is 5.32 Å². The molecule has 7 heteroatoms. The first-order valence-corrected chi connectivity index (χ1v) is 8.98. The minimum atomic E-state index is -0.179. The summed E-state index contributed by atoms with van der Waals surface area (Å²) in [6, 6.07) is 13.1. The lowest BCUT2D eigenvalue weighted by atomic mass is 10.2. The summed E-state index contributed by atoms with van der Waals surface area (Å²) >= 11 is 4.79. The minimum Gasteiger partial charge on any atom is -0.493 e. The predicted octanol–water partition coefficient (Wildman–Crippen LogP) is 4.36. The van der Waals surface area contributed by atoms with Crippen LogP contribution in [0.3, 0.4) is 0 Å². The Balaban J connectivity index is 1.89. The van der Waals surface area contributed by atoms with E-state index >= 15 is 0 Å². The highest BCUT2D eigenvalue weighted by Gasteiger charge is 2.24. The van der Waals surface area contributed by atoms with E-state index in [9.17, 15) is 4.79 Å². The maximum absolute atomic E-state index is 12.2. The Morgan fingerprint density at radius 1 is 1.12 bits per heavy atom. The van der Waals surface area contributed by atoms with E-state index in [-0.39, 0.29) is 5.91 Å². The zero-order valence-corrected chi connectivity index (χ0v) is 16.0. The Labute approximate surface area is 158 Å². The van der Waals surface area contributed by atoms with Crippen LogP contribution in [0.4, 0.5) is 5.69 Å². The molecule has 25 heavy (non-hydrogen) atoms. The lowest BCUT2D eigenvalue weighted by molar-refractivity contribution is -0.115. The molecule has 1 amide bonds. The SMILES string of the molecule is COc1cc(Br)c(/C=C2\SC(=Nc3ccccc3)NC2=O)cc1OC. The van der Waals surface area contributed by atoms with Crippen molar-refractivity contribution in [3.63, 3.8) is 0 Å². The van der Waals surface area contributed by atoms with E-state index in [0.717, 1.165) is 15.7 Å². The van der Waals surface area contributed by atoms with Gasteiger partial charge in [0.15, 0.2) is 16.7 Å². The van der Waals surface area contributed by atoms with Crippen LogP contribution >= 0.6 is 27.7 Å². The van der Waals surface area contributed by atoms with Gasteiger partial charge in [-0.15, -0.1) is 0 Å². The Bertz CT molecular complexity index is 866. The third kappa shape index (κ3) is 4.05. The molecule has 1 saturated heterocycles. The first-order valence-electron chi connectivity index (χ1n) is 7.37. The van der Waals surface area contributed by atoms with E-state index in [1.54, 1.807) is 20.3 Å². The number of hydrogen-bond donors (Lipinski definition) is 1. The zero-order valence-electron chi connectivity index (χ0n) is 13.6. The highest BCUT2D eigenvalue weighted by Crippen LogP contribution is 2.36. The Morgan fingerprint density at radius 3 is 2.48 bits per heavy atom. The molecule has 5 nitrogen and oxygen atoms in total. The van der Waals surface area contributed by atoms with Crippen LogP contribution in [0.25, 0.3) is 6.08 Å². The number of nitrogens with zero attached hydrogens (tertiary/aromatic N) is 1.